The van der Waals surface area contributed by atoms with E-state index in [1.807, 2.05) is 6.07 Å². The predicted molar refractivity (Wildman–Crippen MR) is 91.2 cm³/mol. The number of benzene rings is 2. The molecule has 0 atom stereocenters. The number of nitrogens with one attached hydrogen (secondary N) is 1. The molecule has 1 N–H and O–H groups in total. The molecule has 2 aromatic rings. The van der Waals surface area contributed by atoms with E-state index in [0.29, 0.717) is 6.04 Å². The average Bonchev–Trinajstić information content (AvgIpc) is 2.49. The maximum atomic E-state index is 5.27. The standard InChI is InChI=1S/C19H27NO/c1-15(2)20-12-6-4-5-7-16-8-9-18-14-19(21-3)11-10-17(18)13-16/h8-11,13-15,20H,4-7,12H2,1-3H3. The summed E-state index contributed by atoms with van der Waals surface area (Å²) in [5, 5.41) is 6.02. The zero-order valence-corrected chi connectivity index (χ0v) is 13.5. The van der Waals surface area contributed by atoms with Gasteiger partial charge in [0.25, 0.3) is 0 Å². The summed E-state index contributed by atoms with van der Waals surface area (Å²) in [5.41, 5.74) is 1.43. The van der Waals surface area contributed by atoms with Gasteiger partial charge in [0.1, 0.15) is 5.75 Å². The summed E-state index contributed by atoms with van der Waals surface area (Å²) in [6, 6.07) is 13.6. The molecular weight excluding hydrogens is 258 g/mol. The third kappa shape index (κ3) is 5.05. The summed E-state index contributed by atoms with van der Waals surface area (Å²) in [4.78, 5) is 0. The highest BCUT2D eigenvalue weighted by atomic mass is 16.5. The van der Waals surface area contributed by atoms with Gasteiger partial charge in [-0.05, 0) is 54.3 Å². The second kappa shape index (κ2) is 8.04. The van der Waals surface area contributed by atoms with Gasteiger partial charge in [0.2, 0.25) is 0 Å². The Bertz CT molecular complexity index is 562. The molecule has 0 saturated heterocycles. The lowest BCUT2D eigenvalue weighted by molar-refractivity contribution is 0.415. The summed E-state index contributed by atoms with van der Waals surface area (Å²) < 4.78 is 5.27. The van der Waals surface area contributed by atoms with E-state index < -0.39 is 0 Å². The predicted octanol–water partition coefficient (Wildman–Crippen LogP) is 4.56. The number of rotatable bonds is 8. The van der Waals surface area contributed by atoms with Crippen LogP contribution >= 0.6 is 0 Å². The van der Waals surface area contributed by atoms with Crippen molar-refractivity contribution in [3.8, 4) is 5.75 Å². The summed E-state index contributed by atoms with van der Waals surface area (Å²) in [6.07, 6.45) is 4.99. The average molecular weight is 285 g/mol. The molecule has 0 amide bonds. The highest BCUT2D eigenvalue weighted by Gasteiger charge is 2.00. The minimum atomic E-state index is 0.600. The van der Waals surface area contributed by atoms with E-state index in [1.54, 1.807) is 7.11 Å². The molecule has 114 valence electrons. The van der Waals surface area contributed by atoms with Crippen LogP contribution < -0.4 is 10.1 Å². The molecule has 0 bridgehead atoms. The first kappa shape index (κ1) is 15.8. The van der Waals surface area contributed by atoms with Crippen LogP contribution in [0, 0.1) is 0 Å². The molecule has 21 heavy (non-hydrogen) atoms. The lowest BCUT2D eigenvalue weighted by atomic mass is 10.0. The van der Waals surface area contributed by atoms with Crippen LogP contribution in [0.2, 0.25) is 0 Å². The molecule has 2 rings (SSSR count). The molecule has 2 nitrogen and oxygen atoms in total. The topological polar surface area (TPSA) is 21.3 Å². The van der Waals surface area contributed by atoms with E-state index in [2.05, 4.69) is 49.5 Å². The van der Waals surface area contributed by atoms with Crippen molar-refractivity contribution in [1.82, 2.24) is 5.32 Å². The van der Waals surface area contributed by atoms with Gasteiger partial charge in [0.15, 0.2) is 0 Å². The second-order valence-corrected chi connectivity index (χ2v) is 5.97. The van der Waals surface area contributed by atoms with Crippen LogP contribution in [-0.2, 0) is 6.42 Å². The van der Waals surface area contributed by atoms with Gasteiger partial charge in [0, 0.05) is 6.04 Å². The van der Waals surface area contributed by atoms with Crippen LogP contribution in [0.25, 0.3) is 10.8 Å². The van der Waals surface area contributed by atoms with Crippen molar-refractivity contribution in [3.63, 3.8) is 0 Å². The molecule has 0 aliphatic rings. The molecule has 2 heteroatoms. The normalized spacial score (nSPS) is 11.2. The van der Waals surface area contributed by atoms with Gasteiger partial charge in [-0.15, -0.1) is 0 Å². The second-order valence-electron chi connectivity index (χ2n) is 5.97. The largest absolute Gasteiger partial charge is 0.497 e. The van der Waals surface area contributed by atoms with Crippen LogP contribution in [0.3, 0.4) is 0 Å². The van der Waals surface area contributed by atoms with Crippen LogP contribution in [-0.4, -0.2) is 19.7 Å². The fourth-order valence-corrected chi connectivity index (χ4v) is 2.58. The van der Waals surface area contributed by atoms with Gasteiger partial charge in [-0.25, -0.2) is 0 Å². The molecule has 2 aromatic carbocycles. The van der Waals surface area contributed by atoms with E-state index in [0.717, 1.165) is 12.3 Å². The van der Waals surface area contributed by atoms with Crippen molar-refractivity contribution in [2.45, 2.75) is 45.6 Å². The van der Waals surface area contributed by atoms with Crippen molar-refractivity contribution in [2.75, 3.05) is 13.7 Å². The van der Waals surface area contributed by atoms with Gasteiger partial charge < -0.3 is 10.1 Å². The first-order valence-corrected chi connectivity index (χ1v) is 7.99. The van der Waals surface area contributed by atoms with Crippen LogP contribution in [0.5, 0.6) is 5.75 Å². The van der Waals surface area contributed by atoms with Crippen molar-refractivity contribution >= 4 is 10.8 Å². The number of unbranched alkanes of at least 4 members (excludes halogenated alkanes) is 2. The first-order chi connectivity index (χ1) is 10.2. The Kier molecular flexibility index (Phi) is 6.06. The lowest BCUT2D eigenvalue weighted by Crippen LogP contribution is -2.23. The molecule has 0 aliphatic carbocycles. The quantitative estimate of drug-likeness (QED) is 0.718. The summed E-state index contributed by atoms with van der Waals surface area (Å²) in [5.74, 6) is 0.924. The number of hydrogen-bond acceptors (Lipinski definition) is 2. The Balaban J connectivity index is 1.82. The van der Waals surface area contributed by atoms with Crippen molar-refractivity contribution in [1.29, 1.82) is 0 Å². The van der Waals surface area contributed by atoms with Crippen molar-refractivity contribution in [2.24, 2.45) is 0 Å². The molecule has 0 heterocycles. The Hall–Kier alpha value is -1.54. The highest BCUT2D eigenvalue weighted by Crippen LogP contribution is 2.22. The lowest BCUT2D eigenvalue weighted by Gasteiger charge is -2.08. The number of ether oxygens (including phenoxy) is 1. The fourth-order valence-electron chi connectivity index (χ4n) is 2.58. The SMILES string of the molecule is COc1ccc2cc(CCCCCNC(C)C)ccc2c1. The number of aryl methyl sites for hydroxylation is 1. The third-order valence-corrected chi connectivity index (χ3v) is 3.81. The minimum absolute atomic E-state index is 0.600. The molecule has 0 unspecified atom stereocenters. The Morgan fingerprint density at radius 1 is 0.952 bits per heavy atom. The zero-order chi connectivity index (χ0) is 15.1. The van der Waals surface area contributed by atoms with E-state index in [1.165, 1.54) is 42.0 Å². The monoisotopic (exact) mass is 285 g/mol. The Morgan fingerprint density at radius 3 is 2.48 bits per heavy atom. The van der Waals surface area contributed by atoms with Crippen molar-refractivity contribution in [3.05, 3.63) is 42.0 Å². The number of fused-ring (bicyclic) bond motifs is 1. The summed E-state index contributed by atoms with van der Waals surface area (Å²) >= 11 is 0. The molecule has 0 aliphatic heterocycles. The smallest absolute Gasteiger partial charge is 0.119 e. The van der Waals surface area contributed by atoms with E-state index in [9.17, 15) is 0 Å². The molecular formula is C19H27NO. The van der Waals surface area contributed by atoms with Gasteiger partial charge in [-0.1, -0.05) is 44.5 Å². The fraction of sp³-hybridized carbons (Fsp3) is 0.474. The van der Waals surface area contributed by atoms with Gasteiger partial charge in [-0.2, -0.15) is 0 Å². The van der Waals surface area contributed by atoms with E-state index >= 15 is 0 Å². The van der Waals surface area contributed by atoms with Crippen molar-refractivity contribution < 1.29 is 4.74 Å². The maximum Gasteiger partial charge on any atom is 0.119 e. The third-order valence-electron chi connectivity index (χ3n) is 3.81. The Labute approximate surface area is 128 Å². The molecule has 0 aromatic heterocycles. The molecule has 0 saturated carbocycles. The van der Waals surface area contributed by atoms with Crippen LogP contribution in [0.15, 0.2) is 36.4 Å². The first-order valence-electron chi connectivity index (χ1n) is 7.99. The van der Waals surface area contributed by atoms with Crippen LogP contribution in [0.1, 0.15) is 38.7 Å². The number of methoxy groups -OCH3 is 1. The van der Waals surface area contributed by atoms with Gasteiger partial charge >= 0.3 is 0 Å². The van der Waals surface area contributed by atoms with Gasteiger partial charge in [0.05, 0.1) is 7.11 Å². The molecule has 0 spiro atoms. The minimum Gasteiger partial charge on any atom is -0.497 e. The maximum absolute atomic E-state index is 5.27. The van der Waals surface area contributed by atoms with E-state index in [-0.39, 0.29) is 0 Å². The van der Waals surface area contributed by atoms with Crippen LogP contribution in [0.4, 0.5) is 0 Å². The van der Waals surface area contributed by atoms with Gasteiger partial charge in [-0.3, -0.25) is 0 Å². The Morgan fingerprint density at radius 2 is 1.71 bits per heavy atom. The van der Waals surface area contributed by atoms with E-state index in [4.69, 9.17) is 4.74 Å². The summed E-state index contributed by atoms with van der Waals surface area (Å²) in [6.45, 7) is 5.53. The summed E-state index contributed by atoms with van der Waals surface area (Å²) in [7, 11) is 1.71. The number of hydrogen-bond donors (Lipinski definition) is 1. The highest BCUT2D eigenvalue weighted by molar-refractivity contribution is 5.84. The molecule has 0 fully saturated rings. The zero-order valence-electron chi connectivity index (χ0n) is 13.5. The molecule has 0 radical (unpaired) electrons.